The fourth-order valence-electron chi connectivity index (χ4n) is 1.45. The van der Waals surface area contributed by atoms with Gasteiger partial charge in [0.1, 0.15) is 5.82 Å². The minimum atomic E-state index is -0.496. The van der Waals surface area contributed by atoms with E-state index in [4.69, 9.17) is 5.73 Å². The molecule has 6 heteroatoms. The van der Waals surface area contributed by atoms with Crippen molar-refractivity contribution in [1.29, 1.82) is 0 Å². The molecule has 0 aliphatic heterocycles. The van der Waals surface area contributed by atoms with Crippen LogP contribution in [0.4, 0.5) is 11.6 Å². The number of hydrogen-bond donors (Lipinski definition) is 2. The van der Waals surface area contributed by atoms with Crippen LogP contribution in [-0.4, -0.2) is 29.0 Å². The first kappa shape index (κ1) is 11.1. The number of rotatable bonds is 2. The number of benzene rings is 1. The number of aromatic nitrogens is 3. The van der Waals surface area contributed by atoms with Crippen LogP contribution in [-0.2, 0) is 0 Å². The molecular weight excluding hydrogens is 218 g/mol. The van der Waals surface area contributed by atoms with Crippen LogP contribution in [0.25, 0.3) is 11.4 Å². The number of nitrogen functional groups attached to an aromatic ring is 1. The topological polar surface area (TPSA) is 87.9 Å². The van der Waals surface area contributed by atoms with E-state index in [1.807, 2.05) is 43.3 Å². The Kier molecular flexibility index (Phi) is 2.78. The van der Waals surface area contributed by atoms with Gasteiger partial charge in [0.25, 0.3) is 0 Å². The second-order valence-electron chi connectivity index (χ2n) is 3.80. The molecule has 0 fully saturated rings. The number of anilines is 2. The van der Waals surface area contributed by atoms with Gasteiger partial charge in [-0.25, -0.2) is 4.79 Å². The second kappa shape index (κ2) is 4.25. The number of aromatic amines is 1. The molecule has 17 heavy (non-hydrogen) atoms. The van der Waals surface area contributed by atoms with Crippen LogP contribution < -0.4 is 16.3 Å². The van der Waals surface area contributed by atoms with Gasteiger partial charge in [0.2, 0.25) is 5.95 Å². The molecule has 0 unspecified atom stereocenters. The fourth-order valence-corrected chi connectivity index (χ4v) is 1.45. The van der Waals surface area contributed by atoms with Gasteiger partial charge >= 0.3 is 5.69 Å². The molecule has 0 saturated carbocycles. The SMILES string of the molecule is CN(C)c1ccc(-c2nc(N)nc(=O)[nH]2)cc1. The van der Waals surface area contributed by atoms with Crippen LogP contribution in [0.5, 0.6) is 0 Å². The zero-order chi connectivity index (χ0) is 12.4. The predicted octanol–water partition coefficient (Wildman–Crippen LogP) is 0.480. The predicted molar refractivity (Wildman–Crippen MR) is 66.8 cm³/mol. The molecule has 0 atom stereocenters. The van der Waals surface area contributed by atoms with Gasteiger partial charge in [-0.3, -0.25) is 4.98 Å². The van der Waals surface area contributed by atoms with Crippen molar-refractivity contribution < 1.29 is 0 Å². The third kappa shape index (κ3) is 2.41. The molecule has 1 aromatic carbocycles. The van der Waals surface area contributed by atoms with Crippen molar-refractivity contribution in [2.75, 3.05) is 24.7 Å². The molecule has 0 aliphatic carbocycles. The number of nitrogens with two attached hydrogens (primary N) is 1. The molecule has 1 aromatic heterocycles. The van der Waals surface area contributed by atoms with Gasteiger partial charge in [-0.1, -0.05) is 0 Å². The van der Waals surface area contributed by atoms with Crippen LogP contribution in [0, 0.1) is 0 Å². The highest BCUT2D eigenvalue weighted by Gasteiger charge is 2.03. The minimum Gasteiger partial charge on any atom is -0.378 e. The zero-order valence-corrected chi connectivity index (χ0v) is 9.64. The smallest absolute Gasteiger partial charge is 0.349 e. The van der Waals surface area contributed by atoms with Crippen LogP contribution in [0.1, 0.15) is 0 Å². The first-order valence-corrected chi connectivity index (χ1v) is 5.08. The molecule has 88 valence electrons. The van der Waals surface area contributed by atoms with E-state index in [1.54, 1.807) is 0 Å². The van der Waals surface area contributed by atoms with E-state index in [2.05, 4.69) is 15.0 Å². The van der Waals surface area contributed by atoms with E-state index in [-0.39, 0.29) is 5.95 Å². The third-order valence-electron chi connectivity index (χ3n) is 2.32. The molecule has 2 rings (SSSR count). The van der Waals surface area contributed by atoms with E-state index < -0.39 is 5.69 Å². The van der Waals surface area contributed by atoms with E-state index in [0.717, 1.165) is 11.3 Å². The lowest BCUT2D eigenvalue weighted by Gasteiger charge is -2.12. The van der Waals surface area contributed by atoms with E-state index in [0.29, 0.717) is 5.82 Å². The molecule has 0 spiro atoms. The van der Waals surface area contributed by atoms with Crippen molar-refractivity contribution in [3.63, 3.8) is 0 Å². The molecule has 0 aliphatic rings. The first-order valence-electron chi connectivity index (χ1n) is 5.08. The largest absolute Gasteiger partial charge is 0.378 e. The van der Waals surface area contributed by atoms with Gasteiger partial charge in [-0.05, 0) is 24.3 Å². The average Bonchev–Trinajstić information content (AvgIpc) is 2.28. The number of nitrogens with zero attached hydrogens (tertiary/aromatic N) is 3. The Balaban J connectivity index is 2.43. The monoisotopic (exact) mass is 231 g/mol. The lowest BCUT2D eigenvalue weighted by Crippen LogP contribution is -2.15. The van der Waals surface area contributed by atoms with Crippen LogP contribution in [0.15, 0.2) is 29.1 Å². The molecule has 0 bridgehead atoms. The molecule has 0 radical (unpaired) electrons. The minimum absolute atomic E-state index is 0.0274. The maximum Gasteiger partial charge on any atom is 0.349 e. The third-order valence-corrected chi connectivity index (χ3v) is 2.32. The zero-order valence-electron chi connectivity index (χ0n) is 9.64. The van der Waals surface area contributed by atoms with Crippen LogP contribution >= 0.6 is 0 Å². The fraction of sp³-hybridized carbons (Fsp3) is 0.182. The average molecular weight is 231 g/mol. The Morgan fingerprint density at radius 3 is 2.35 bits per heavy atom. The van der Waals surface area contributed by atoms with Gasteiger partial charge in [0, 0.05) is 25.3 Å². The summed E-state index contributed by atoms with van der Waals surface area (Å²) in [6, 6.07) is 7.61. The van der Waals surface area contributed by atoms with E-state index >= 15 is 0 Å². The summed E-state index contributed by atoms with van der Waals surface area (Å²) in [6.45, 7) is 0. The summed E-state index contributed by atoms with van der Waals surface area (Å²) in [5.41, 5.74) is 6.79. The van der Waals surface area contributed by atoms with Gasteiger partial charge in [-0.15, -0.1) is 0 Å². The maximum atomic E-state index is 11.2. The highest BCUT2D eigenvalue weighted by molar-refractivity contribution is 5.60. The molecule has 1 heterocycles. The highest BCUT2D eigenvalue weighted by Crippen LogP contribution is 2.18. The van der Waals surface area contributed by atoms with Gasteiger partial charge in [0.05, 0.1) is 0 Å². The number of H-pyrrole nitrogens is 1. The van der Waals surface area contributed by atoms with Gasteiger partial charge in [-0.2, -0.15) is 9.97 Å². The standard InChI is InChI=1S/C11H13N5O/c1-16(2)8-5-3-7(4-6-8)9-13-10(12)15-11(17)14-9/h3-6H,1-2H3,(H3,12,13,14,15,17). The van der Waals surface area contributed by atoms with E-state index in [9.17, 15) is 4.79 Å². The Morgan fingerprint density at radius 2 is 1.82 bits per heavy atom. The van der Waals surface area contributed by atoms with E-state index in [1.165, 1.54) is 0 Å². The molecule has 0 saturated heterocycles. The van der Waals surface area contributed by atoms with Crippen molar-refractivity contribution in [3.05, 3.63) is 34.7 Å². The summed E-state index contributed by atoms with van der Waals surface area (Å²) in [6.07, 6.45) is 0. The summed E-state index contributed by atoms with van der Waals surface area (Å²) in [4.78, 5) is 23.1. The van der Waals surface area contributed by atoms with Gasteiger partial charge < -0.3 is 10.6 Å². The highest BCUT2D eigenvalue weighted by atomic mass is 16.1. The molecule has 2 aromatic rings. The molecule has 0 amide bonds. The molecular formula is C11H13N5O. The van der Waals surface area contributed by atoms with Gasteiger partial charge in [0.15, 0.2) is 0 Å². The van der Waals surface area contributed by atoms with Crippen molar-refractivity contribution in [3.8, 4) is 11.4 Å². The Hall–Kier alpha value is -2.37. The Morgan fingerprint density at radius 1 is 1.18 bits per heavy atom. The lowest BCUT2D eigenvalue weighted by molar-refractivity contribution is 1.01. The Labute approximate surface area is 98.1 Å². The number of nitrogens with one attached hydrogen (secondary N) is 1. The summed E-state index contributed by atoms with van der Waals surface area (Å²) in [5.74, 6) is 0.397. The quantitative estimate of drug-likeness (QED) is 0.784. The Bertz CT molecular complexity index is 573. The summed E-state index contributed by atoms with van der Waals surface area (Å²) in [7, 11) is 3.92. The van der Waals surface area contributed by atoms with Crippen LogP contribution in [0.2, 0.25) is 0 Å². The van der Waals surface area contributed by atoms with Crippen molar-refractivity contribution >= 4 is 11.6 Å². The van der Waals surface area contributed by atoms with Crippen molar-refractivity contribution in [2.24, 2.45) is 0 Å². The van der Waals surface area contributed by atoms with Crippen molar-refractivity contribution in [1.82, 2.24) is 15.0 Å². The normalized spacial score (nSPS) is 10.2. The molecule has 3 N–H and O–H groups in total. The first-order chi connectivity index (χ1) is 8.06. The summed E-state index contributed by atoms with van der Waals surface area (Å²) in [5, 5.41) is 0. The summed E-state index contributed by atoms with van der Waals surface area (Å²) >= 11 is 0. The summed E-state index contributed by atoms with van der Waals surface area (Å²) < 4.78 is 0. The van der Waals surface area contributed by atoms with Crippen LogP contribution in [0.3, 0.4) is 0 Å². The second-order valence-corrected chi connectivity index (χ2v) is 3.80. The maximum absolute atomic E-state index is 11.2. The lowest BCUT2D eigenvalue weighted by atomic mass is 10.2. The van der Waals surface area contributed by atoms with Crippen molar-refractivity contribution in [2.45, 2.75) is 0 Å². The number of hydrogen-bond acceptors (Lipinski definition) is 5. The molecule has 6 nitrogen and oxygen atoms in total.